The van der Waals surface area contributed by atoms with Crippen molar-refractivity contribution in [3.05, 3.63) is 50.9 Å². The monoisotopic (exact) mass is 403 g/mol. The van der Waals surface area contributed by atoms with E-state index in [1.807, 2.05) is 33.8 Å². The SMILES string of the molecule is CCc1cc(OC(F)F)cc(C)c1-c1nn2c(C)cc(C(C)C)c2c(=O)n1CC. The first-order chi connectivity index (χ1) is 13.7. The summed E-state index contributed by atoms with van der Waals surface area (Å²) in [6, 6.07) is 5.18. The molecule has 1 aromatic carbocycles. The molecule has 7 heteroatoms. The largest absolute Gasteiger partial charge is 0.435 e. The quantitative estimate of drug-likeness (QED) is 0.576. The van der Waals surface area contributed by atoms with E-state index in [0.717, 1.165) is 27.9 Å². The van der Waals surface area contributed by atoms with Crippen molar-refractivity contribution in [3.63, 3.8) is 0 Å². The molecule has 0 aliphatic rings. The predicted molar refractivity (Wildman–Crippen MR) is 110 cm³/mol. The van der Waals surface area contributed by atoms with Crippen molar-refractivity contribution in [2.24, 2.45) is 0 Å². The summed E-state index contributed by atoms with van der Waals surface area (Å²) in [4.78, 5) is 13.4. The minimum atomic E-state index is -2.88. The summed E-state index contributed by atoms with van der Waals surface area (Å²) in [5.74, 6) is 0.851. The Morgan fingerprint density at radius 3 is 2.38 bits per heavy atom. The molecule has 0 spiro atoms. The van der Waals surface area contributed by atoms with Crippen LogP contribution in [0.3, 0.4) is 0 Å². The number of benzene rings is 1. The summed E-state index contributed by atoms with van der Waals surface area (Å²) in [6.07, 6.45) is 0.593. The van der Waals surface area contributed by atoms with Gasteiger partial charge in [0.25, 0.3) is 5.56 Å². The van der Waals surface area contributed by atoms with Crippen molar-refractivity contribution in [3.8, 4) is 17.1 Å². The minimum absolute atomic E-state index is 0.0938. The molecule has 2 aromatic heterocycles. The molecule has 0 radical (unpaired) electrons. The van der Waals surface area contributed by atoms with Gasteiger partial charge in [-0.05, 0) is 68.0 Å². The number of rotatable bonds is 6. The number of fused-ring (bicyclic) bond motifs is 1. The number of hydrogen-bond acceptors (Lipinski definition) is 3. The van der Waals surface area contributed by atoms with E-state index in [4.69, 9.17) is 5.10 Å². The predicted octanol–water partition coefficient (Wildman–Crippen LogP) is 5.09. The van der Waals surface area contributed by atoms with E-state index in [1.165, 1.54) is 0 Å². The molecule has 3 aromatic rings. The number of alkyl halides is 2. The van der Waals surface area contributed by atoms with Gasteiger partial charge in [-0.25, -0.2) is 4.52 Å². The number of ether oxygens (including phenoxy) is 1. The van der Waals surface area contributed by atoms with Gasteiger partial charge in [-0.1, -0.05) is 20.8 Å². The number of nitrogens with zero attached hydrogens (tertiary/aromatic N) is 3. The first kappa shape index (κ1) is 21.0. The van der Waals surface area contributed by atoms with Gasteiger partial charge in [0.1, 0.15) is 11.3 Å². The zero-order valence-corrected chi connectivity index (χ0v) is 17.7. The summed E-state index contributed by atoms with van der Waals surface area (Å²) in [6.45, 7) is 9.28. The molecule has 0 saturated carbocycles. The molecular formula is C22H27F2N3O2. The molecule has 0 atom stereocenters. The lowest BCUT2D eigenvalue weighted by Gasteiger charge is -2.18. The third kappa shape index (κ3) is 3.66. The Balaban J connectivity index is 2.36. The third-order valence-electron chi connectivity index (χ3n) is 5.24. The number of hydrogen-bond donors (Lipinski definition) is 0. The standard InChI is InChI=1S/C22H27F2N3O2/c1-7-15-11-16(29-22(23)24)9-13(5)18(15)20-25-27-14(6)10-17(12(3)4)19(27)21(28)26(20)8-2/h9-12,22H,7-8H2,1-6H3. The van der Waals surface area contributed by atoms with Gasteiger partial charge in [0, 0.05) is 17.8 Å². The van der Waals surface area contributed by atoms with E-state index in [9.17, 15) is 13.6 Å². The Morgan fingerprint density at radius 2 is 1.83 bits per heavy atom. The molecule has 29 heavy (non-hydrogen) atoms. The van der Waals surface area contributed by atoms with E-state index in [0.29, 0.717) is 24.3 Å². The minimum Gasteiger partial charge on any atom is -0.435 e. The first-order valence-corrected chi connectivity index (χ1v) is 9.91. The molecule has 0 aliphatic carbocycles. The highest BCUT2D eigenvalue weighted by molar-refractivity contribution is 5.68. The van der Waals surface area contributed by atoms with E-state index >= 15 is 0 Å². The fourth-order valence-electron chi connectivity index (χ4n) is 3.88. The summed E-state index contributed by atoms with van der Waals surface area (Å²) in [5, 5.41) is 4.83. The highest BCUT2D eigenvalue weighted by atomic mass is 19.3. The zero-order chi connectivity index (χ0) is 21.5. The summed E-state index contributed by atoms with van der Waals surface area (Å²) < 4.78 is 33.3. The van der Waals surface area contributed by atoms with Gasteiger partial charge in [0.2, 0.25) is 0 Å². The maximum absolute atomic E-state index is 13.4. The van der Waals surface area contributed by atoms with Crippen LogP contribution in [-0.4, -0.2) is 20.8 Å². The maximum atomic E-state index is 13.4. The smallest absolute Gasteiger partial charge is 0.387 e. The van der Waals surface area contributed by atoms with Gasteiger partial charge in [-0.15, -0.1) is 5.10 Å². The van der Waals surface area contributed by atoms with Gasteiger partial charge in [0.05, 0.1) is 0 Å². The van der Waals surface area contributed by atoms with Crippen LogP contribution in [0.5, 0.6) is 5.75 Å². The molecule has 3 rings (SSSR count). The van der Waals surface area contributed by atoms with E-state index in [1.54, 1.807) is 21.2 Å². The molecule has 2 heterocycles. The second kappa shape index (κ2) is 7.97. The van der Waals surface area contributed by atoms with E-state index in [2.05, 4.69) is 18.6 Å². The van der Waals surface area contributed by atoms with Gasteiger partial charge in [-0.2, -0.15) is 8.78 Å². The van der Waals surface area contributed by atoms with Crippen LogP contribution in [0.2, 0.25) is 0 Å². The fourth-order valence-corrected chi connectivity index (χ4v) is 3.88. The van der Waals surface area contributed by atoms with Crippen molar-refractivity contribution in [2.45, 2.75) is 67.0 Å². The molecule has 0 fully saturated rings. The van der Waals surface area contributed by atoms with Crippen molar-refractivity contribution >= 4 is 5.52 Å². The molecule has 0 N–H and O–H groups in total. The van der Waals surface area contributed by atoms with Crippen molar-refractivity contribution in [1.29, 1.82) is 0 Å². The van der Waals surface area contributed by atoms with Crippen molar-refractivity contribution in [2.75, 3.05) is 0 Å². The molecule has 0 saturated heterocycles. The average molecular weight is 403 g/mol. The summed E-state index contributed by atoms with van der Waals surface area (Å²) >= 11 is 0. The number of aromatic nitrogens is 3. The van der Waals surface area contributed by atoms with Crippen molar-refractivity contribution in [1.82, 2.24) is 14.2 Å². The Hall–Kier alpha value is -2.70. The van der Waals surface area contributed by atoms with Gasteiger partial charge >= 0.3 is 6.61 Å². The fraction of sp³-hybridized carbons (Fsp3) is 0.455. The molecule has 0 unspecified atom stereocenters. The normalized spacial score (nSPS) is 11.8. The number of aryl methyl sites for hydroxylation is 3. The highest BCUT2D eigenvalue weighted by Crippen LogP contribution is 2.32. The van der Waals surface area contributed by atoms with Crippen LogP contribution in [0.1, 0.15) is 56.0 Å². The lowest BCUT2D eigenvalue weighted by atomic mass is 9.98. The van der Waals surface area contributed by atoms with E-state index in [-0.39, 0.29) is 17.2 Å². The Bertz CT molecular complexity index is 1110. The van der Waals surface area contributed by atoms with Gasteiger partial charge in [0.15, 0.2) is 5.82 Å². The van der Waals surface area contributed by atoms with Crippen LogP contribution in [0.15, 0.2) is 23.0 Å². The van der Waals surface area contributed by atoms with Crippen LogP contribution in [0, 0.1) is 13.8 Å². The zero-order valence-electron chi connectivity index (χ0n) is 17.7. The molecule has 156 valence electrons. The highest BCUT2D eigenvalue weighted by Gasteiger charge is 2.22. The Kier molecular flexibility index (Phi) is 5.78. The van der Waals surface area contributed by atoms with Gasteiger partial charge in [-0.3, -0.25) is 9.36 Å². The lowest BCUT2D eigenvalue weighted by molar-refractivity contribution is -0.0499. The lowest BCUT2D eigenvalue weighted by Crippen LogP contribution is -2.26. The average Bonchev–Trinajstić information content (AvgIpc) is 2.98. The van der Waals surface area contributed by atoms with Crippen LogP contribution in [-0.2, 0) is 13.0 Å². The second-order valence-corrected chi connectivity index (χ2v) is 7.54. The summed E-state index contributed by atoms with van der Waals surface area (Å²) in [7, 11) is 0. The number of halogens is 2. The van der Waals surface area contributed by atoms with Crippen LogP contribution < -0.4 is 10.3 Å². The topological polar surface area (TPSA) is 48.5 Å². The maximum Gasteiger partial charge on any atom is 0.387 e. The van der Waals surface area contributed by atoms with Gasteiger partial charge < -0.3 is 4.74 Å². The van der Waals surface area contributed by atoms with E-state index < -0.39 is 6.61 Å². The Labute approximate surface area is 168 Å². The van der Waals surface area contributed by atoms with Crippen molar-refractivity contribution < 1.29 is 13.5 Å². The van der Waals surface area contributed by atoms with Crippen LogP contribution >= 0.6 is 0 Å². The molecule has 0 bridgehead atoms. The first-order valence-electron chi connectivity index (χ1n) is 9.91. The third-order valence-corrected chi connectivity index (χ3v) is 5.24. The summed E-state index contributed by atoms with van der Waals surface area (Å²) in [5.41, 5.74) is 4.69. The molecular weight excluding hydrogens is 376 g/mol. The second-order valence-electron chi connectivity index (χ2n) is 7.54. The van der Waals surface area contributed by atoms with Crippen LogP contribution in [0.25, 0.3) is 16.9 Å². The molecule has 5 nitrogen and oxygen atoms in total. The van der Waals surface area contributed by atoms with Crippen LogP contribution in [0.4, 0.5) is 8.78 Å². The Morgan fingerprint density at radius 1 is 1.14 bits per heavy atom. The molecule has 0 amide bonds. The molecule has 0 aliphatic heterocycles.